The van der Waals surface area contributed by atoms with Crippen LogP contribution in [-0.4, -0.2) is 76.6 Å². The Labute approximate surface area is 552 Å². The Hall–Kier alpha value is -11.1. The number of benzene rings is 8. The summed E-state index contributed by atoms with van der Waals surface area (Å²) in [5.41, 5.74) is 4.52. The molecule has 6 aliphatic heterocycles. The number of ether oxygens (including phenoxy) is 16. The molecule has 488 valence electrons. The molecule has 0 spiro atoms. The number of halogens is 1. The second-order valence-electron chi connectivity index (χ2n) is 22.7. The zero-order chi connectivity index (χ0) is 66.4. The molecule has 21 heteroatoms. The van der Waals surface area contributed by atoms with E-state index in [9.17, 15) is 19.5 Å². The molecule has 6 heterocycles. The molecule has 14 rings (SSSR count). The van der Waals surface area contributed by atoms with Crippen molar-refractivity contribution in [3.63, 3.8) is 0 Å². The van der Waals surface area contributed by atoms with Gasteiger partial charge in [0.15, 0.2) is 71.1 Å². The van der Waals surface area contributed by atoms with Crippen molar-refractivity contribution in [2.24, 2.45) is 0 Å². The minimum Gasteiger partial charge on any atom is -0.497 e. The van der Waals surface area contributed by atoms with Crippen molar-refractivity contribution in [2.75, 3.05) is 34.6 Å². The summed E-state index contributed by atoms with van der Waals surface area (Å²) >= 11 is 6.54. The Kier molecular flexibility index (Phi) is 18.9. The molecule has 20 nitrogen and oxygen atoms in total. The largest absolute Gasteiger partial charge is 0.497 e. The van der Waals surface area contributed by atoms with Crippen LogP contribution >= 0.6 is 11.6 Å². The van der Waals surface area contributed by atoms with Gasteiger partial charge in [-0.05, 0) is 181 Å². The third-order valence-corrected chi connectivity index (χ3v) is 15.6. The maximum atomic E-state index is 12.6. The fourth-order valence-electron chi connectivity index (χ4n) is 10.9. The molecule has 8 aromatic carbocycles. The third-order valence-electron chi connectivity index (χ3n) is 15.2. The lowest BCUT2D eigenvalue weighted by molar-refractivity contribution is -0.133. The molecule has 95 heavy (non-hydrogen) atoms. The summed E-state index contributed by atoms with van der Waals surface area (Å²) in [5.74, 6) is 8.99. The smallest absolute Gasteiger partial charge is 0.339 e. The van der Waals surface area contributed by atoms with Gasteiger partial charge in [-0.15, -0.1) is 0 Å². The summed E-state index contributed by atoms with van der Waals surface area (Å²) in [5, 5.41) is 10.7. The van der Waals surface area contributed by atoms with Gasteiger partial charge in [0.25, 0.3) is 0 Å². The molecule has 3 atom stereocenters. The minimum absolute atomic E-state index is 0.00980. The monoisotopic (exact) mass is 1310 g/mol. The lowest BCUT2D eigenvalue weighted by Crippen LogP contribution is -2.24. The van der Waals surface area contributed by atoms with Gasteiger partial charge in [-0.3, -0.25) is 9.59 Å². The number of carboxylic acids is 1. The van der Waals surface area contributed by atoms with E-state index in [1.54, 1.807) is 117 Å². The fourth-order valence-corrected chi connectivity index (χ4v) is 11.2. The number of rotatable bonds is 18. The van der Waals surface area contributed by atoms with Crippen LogP contribution in [0.3, 0.4) is 0 Å². The number of carbonyl (C=O) groups is 3. The molecular formula is C74H65ClO20. The molecule has 0 amide bonds. The summed E-state index contributed by atoms with van der Waals surface area (Å²) < 4.78 is 91.6. The van der Waals surface area contributed by atoms with Crippen LogP contribution in [0.15, 0.2) is 174 Å². The maximum Gasteiger partial charge on any atom is 0.339 e. The first-order valence-electron chi connectivity index (χ1n) is 30.3. The van der Waals surface area contributed by atoms with E-state index in [-0.39, 0.29) is 50.0 Å². The van der Waals surface area contributed by atoms with Crippen molar-refractivity contribution >= 4 is 46.7 Å². The predicted molar refractivity (Wildman–Crippen MR) is 348 cm³/mol. The first-order chi connectivity index (χ1) is 46.0. The number of aldehydes is 2. The third kappa shape index (κ3) is 14.0. The molecule has 0 saturated carbocycles. The summed E-state index contributed by atoms with van der Waals surface area (Å²) in [6.07, 6.45) is -0.781. The Morgan fingerprint density at radius 2 is 0.737 bits per heavy atom. The standard InChI is InChI=1S/C27H24O8.C27H24O7.C20H17ClO5/c1-15(2)33-19-9-11-21-20(13-19)26(34-18-7-5-17(30-3)6-8-18)24(27(28)29)25(35-21)16-4-10-22-23(12-16)32-14-31-22;1-16(2)32-20-9-11-23-21(13-20)27(33-19-7-5-18(29-3)6-8-19)22(14-28)26(34-23)17-4-10-24-25(12-17)31-15-30-24;1-11(2)25-13-4-6-16-14(8-13)19(21)15(9-22)20(26-16)12-3-5-17-18(7-12)24-10-23-17/h4-13,15,25H,14H2,1-3H3,(H,28,29);4-14,16,26H,15H2,1-3H3;3-9,11,20H,10H2,1-2H3. The van der Waals surface area contributed by atoms with Crippen LogP contribution in [0.2, 0.25) is 0 Å². The van der Waals surface area contributed by atoms with Crippen molar-refractivity contribution < 1.29 is 95.3 Å². The molecule has 1 N–H and O–H groups in total. The van der Waals surface area contributed by atoms with Crippen LogP contribution in [0, 0.1) is 0 Å². The van der Waals surface area contributed by atoms with Gasteiger partial charge in [0.2, 0.25) is 20.4 Å². The van der Waals surface area contributed by atoms with Crippen molar-refractivity contribution in [2.45, 2.75) is 78.2 Å². The molecule has 6 aliphatic rings. The van der Waals surface area contributed by atoms with E-state index in [2.05, 4.69) is 0 Å². The Bertz CT molecular complexity index is 4300. The second-order valence-corrected chi connectivity index (χ2v) is 23.1. The Morgan fingerprint density at radius 1 is 0.411 bits per heavy atom. The molecule has 0 bridgehead atoms. The van der Waals surface area contributed by atoms with Crippen LogP contribution in [-0.2, 0) is 14.4 Å². The lowest BCUT2D eigenvalue weighted by atomic mass is 9.94. The molecule has 3 unspecified atom stereocenters. The van der Waals surface area contributed by atoms with E-state index in [1.165, 1.54) is 0 Å². The van der Waals surface area contributed by atoms with E-state index >= 15 is 0 Å². The molecular weight excluding hydrogens is 1240 g/mol. The number of carbonyl (C=O) groups excluding carboxylic acids is 2. The van der Waals surface area contributed by atoms with E-state index in [0.29, 0.717) is 136 Å². The number of carboxylic acid groups (broad SMARTS) is 1. The number of hydrogen-bond donors (Lipinski definition) is 1. The van der Waals surface area contributed by atoms with E-state index in [0.717, 1.165) is 23.7 Å². The van der Waals surface area contributed by atoms with Crippen molar-refractivity contribution in [3.05, 3.63) is 208 Å². The minimum atomic E-state index is -1.17. The van der Waals surface area contributed by atoms with Crippen LogP contribution in [0.1, 0.15) is 93.2 Å². The highest BCUT2D eigenvalue weighted by Gasteiger charge is 2.39. The van der Waals surface area contributed by atoms with E-state index in [4.69, 9.17) is 87.4 Å². The zero-order valence-corrected chi connectivity index (χ0v) is 53.6. The Balaban J connectivity index is 0.000000138. The van der Waals surface area contributed by atoms with Gasteiger partial charge in [0.05, 0.1) is 59.8 Å². The molecule has 8 aromatic rings. The normalized spacial score (nSPS) is 16.5. The molecule has 0 fully saturated rings. The van der Waals surface area contributed by atoms with Gasteiger partial charge < -0.3 is 80.9 Å². The summed E-state index contributed by atoms with van der Waals surface area (Å²) in [6.45, 7) is 12.1. The predicted octanol–water partition coefficient (Wildman–Crippen LogP) is 15.0. The van der Waals surface area contributed by atoms with Crippen molar-refractivity contribution in [3.8, 4) is 92.0 Å². The average molecular weight is 1310 g/mol. The van der Waals surface area contributed by atoms with Crippen LogP contribution < -0.4 is 75.8 Å². The maximum absolute atomic E-state index is 12.6. The van der Waals surface area contributed by atoms with Gasteiger partial charge in [-0.1, -0.05) is 29.8 Å². The van der Waals surface area contributed by atoms with Gasteiger partial charge in [0.1, 0.15) is 68.8 Å². The van der Waals surface area contributed by atoms with E-state index in [1.807, 2.05) is 96.1 Å². The number of fused-ring (bicyclic) bond motifs is 6. The average Bonchev–Trinajstić information content (AvgIpc) is 1.20. The number of methoxy groups -OCH3 is 2. The van der Waals surface area contributed by atoms with Crippen molar-refractivity contribution in [1.29, 1.82) is 0 Å². The van der Waals surface area contributed by atoms with Crippen LogP contribution in [0.5, 0.6) is 92.0 Å². The first-order valence-corrected chi connectivity index (χ1v) is 30.7. The molecule has 0 aliphatic carbocycles. The van der Waals surface area contributed by atoms with Gasteiger partial charge >= 0.3 is 5.97 Å². The highest BCUT2D eigenvalue weighted by molar-refractivity contribution is 6.51. The fraction of sp³-hybridized carbons (Fsp3) is 0.230. The zero-order valence-electron chi connectivity index (χ0n) is 52.8. The van der Waals surface area contributed by atoms with Gasteiger partial charge in [0, 0.05) is 22.3 Å². The highest BCUT2D eigenvalue weighted by atomic mass is 35.5. The molecule has 0 saturated heterocycles. The van der Waals surface area contributed by atoms with Gasteiger partial charge in [-0.25, -0.2) is 4.79 Å². The quantitative estimate of drug-likeness (QED) is 0.0789. The first kappa shape index (κ1) is 64.0. The Morgan fingerprint density at radius 3 is 1.14 bits per heavy atom. The topological polar surface area (TPSA) is 219 Å². The number of aliphatic carboxylic acids is 1. The summed E-state index contributed by atoms with van der Waals surface area (Å²) in [4.78, 5) is 36.8. The van der Waals surface area contributed by atoms with Gasteiger partial charge in [-0.2, -0.15) is 0 Å². The van der Waals surface area contributed by atoms with Crippen LogP contribution in [0.4, 0.5) is 0 Å². The van der Waals surface area contributed by atoms with E-state index < -0.39 is 24.3 Å². The van der Waals surface area contributed by atoms with Crippen molar-refractivity contribution in [1.82, 2.24) is 0 Å². The lowest BCUT2D eigenvalue weighted by Gasteiger charge is -2.30. The highest BCUT2D eigenvalue weighted by Crippen LogP contribution is 2.50. The summed E-state index contributed by atoms with van der Waals surface area (Å²) in [7, 11) is 3.17. The summed E-state index contributed by atoms with van der Waals surface area (Å²) in [6, 6.07) is 46.4. The molecule has 0 aromatic heterocycles. The molecule has 0 radical (unpaired) electrons. The van der Waals surface area contributed by atoms with Crippen LogP contribution in [0.25, 0.3) is 16.6 Å². The number of hydrogen-bond acceptors (Lipinski definition) is 19. The second kappa shape index (κ2) is 28.0. The SMILES string of the molecule is CC(C)Oc1ccc2c(c1)C(Cl)=C(C=O)C(c1ccc3c(c1)OCO3)O2.COc1ccc(OC2=C(C(=O)O)C(c3ccc4c(c3)OCO4)Oc3ccc(OC(C)C)cc32)cc1.COc1ccc(OC2=C(C=O)C(c3ccc4c(c3)OCO4)Oc3ccc(OC(C)C)cc32)cc1.